The van der Waals surface area contributed by atoms with E-state index in [0.717, 1.165) is 0 Å². The number of rotatable bonds is 4. The fourth-order valence-corrected chi connectivity index (χ4v) is 3.52. The molecule has 0 atom stereocenters. The van der Waals surface area contributed by atoms with Gasteiger partial charge in [0.15, 0.2) is 0 Å². The number of amides is 1. The van der Waals surface area contributed by atoms with Crippen molar-refractivity contribution in [2.45, 2.75) is 12.8 Å². The van der Waals surface area contributed by atoms with Gasteiger partial charge in [-0.05, 0) is 18.6 Å². The molecule has 1 aromatic rings. The summed E-state index contributed by atoms with van der Waals surface area (Å²) in [4.78, 5) is 11.7. The van der Waals surface area contributed by atoms with Gasteiger partial charge in [0.05, 0.1) is 17.1 Å². The van der Waals surface area contributed by atoms with Gasteiger partial charge in [-0.2, -0.15) is 0 Å². The van der Waals surface area contributed by atoms with Gasteiger partial charge in [-0.15, -0.1) is 0 Å². The molecule has 2 rings (SSSR count). The maximum absolute atomic E-state index is 11.7. The Morgan fingerprint density at radius 3 is 2.74 bits per heavy atom. The number of carbonyl (C=O) groups excluding carboxylic acids is 1. The van der Waals surface area contributed by atoms with Crippen LogP contribution in [0.5, 0.6) is 0 Å². The number of hydrogen-bond donors (Lipinski definition) is 2. The lowest BCUT2D eigenvalue weighted by Gasteiger charge is -2.14. The smallest absolute Gasteiger partial charge is 0.225 e. The van der Waals surface area contributed by atoms with Crippen molar-refractivity contribution in [2.24, 2.45) is 0 Å². The lowest BCUT2D eigenvalue weighted by molar-refractivity contribution is -0.116. The van der Waals surface area contributed by atoms with E-state index in [1.54, 1.807) is 24.3 Å². The molecule has 1 amide bonds. The molecule has 1 aliphatic heterocycles. The fraction of sp³-hybridized carbons (Fsp3) is 0.417. The highest BCUT2D eigenvalue weighted by atomic mass is 32.2. The molecule has 1 aliphatic rings. The largest absolute Gasteiger partial charge is 0.397 e. The Kier molecular flexibility index (Phi) is 4.06. The lowest BCUT2D eigenvalue weighted by atomic mass is 10.2. The Morgan fingerprint density at radius 2 is 2.11 bits per heavy atom. The van der Waals surface area contributed by atoms with E-state index in [9.17, 15) is 13.2 Å². The summed E-state index contributed by atoms with van der Waals surface area (Å²) in [6.07, 6.45) is 0.767. The predicted octanol–water partition coefficient (Wildman–Crippen LogP) is 0.633. The van der Waals surface area contributed by atoms with Crippen molar-refractivity contribution in [3.63, 3.8) is 0 Å². The molecule has 1 aromatic carbocycles. The first-order chi connectivity index (χ1) is 8.99. The molecule has 1 saturated heterocycles. The van der Waals surface area contributed by atoms with E-state index in [0.29, 0.717) is 24.3 Å². The van der Waals surface area contributed by atoms with Crippen LogP contribution in [-0.4, -0.2) is 37.5 Å². The Morgan fingerprint density at radius 1 is 1.37 bits per heavy atom. The number of para-hydroxylation sites is 2. The van der Waals surface area contributed by atoms with E-state index >= 15 is 0 Å². The molecular weight excluding hydrogens is 266 g/mol. The average molecular weight is 283 g/mol. The molecule has 0 spiro atoms. The average Bonchev–Trinajstić information content (AvgIpc) is 2.69. The lowest BCUT2D eigenvalue weighted by Crippen LogP contribution is -2.29. The van der Waals surface area contributed by atoms with Crippen molar-refractivity contribution in [3.8, 4) is 0 Å². The second kappa shape index (κ2) is 5.58. The number of sulfonamides is 1. The van der Waals surface area contributed by atoms with Gasteiger partial charge < -0.3 is 11.1 Å². The van der Waals surface area contributed by atoms with Crippen LogP contribution in [0.15, 0.2) is 24.3 Å². The van der Waals surface area contributed by atoms with Crippen molar-refractivity contribution in [1.82, 2.24) is 4.31 Å². The molecule has 0 saturated carbocycles. The van der Waals surface area contributed by atoms with Crippen LogP contribution in [0.3, 0.4) is 0 Å². The number of hydrogen-bond acceptors (Lipinski definition) is 4. The molecule has 104 valence electrons. The van der Waals surface area contributed by atoms with Gasteiger partial charge in [-0.25, -0.2) is 12.7 Å². The highest BCUT2D eigenvalue weighted by Gasteiger charge is 2.28. The van der Waals surface area contributed by atoms with Crippen LogP contribution in [-0.2, 0) is 14.8 Å². The van der Waals surface area contributed by atoms with Crippen molar-refractivity contribution in [3.05, 3.63) is 24.3 Å². The zero-order chi connectivity index (χ0) is 13.9. The topological polar surface area (TPSA) is 92.5 Å². The minimum Gasteiger partial charge on any atom is -0.397 e. The summed E-state index contributed by atoms with van der Waals surface area (Å²) in [5.74, 6) is -0.0553. The van der Waals surface area contributed by atoms with Gasteiger partial charge >= 0.3 is 0 Å². The maximum atomic E-state index is 11.7. The Labute approximate surface area is 112 Å². The SMILES string of the molecule is Nc1ccccc1NC(=O)CCN1CCCS1(=O)=O. The third-order valence-electron chi connectivity index (χ3n) is 3.03. The van der Waals surface area contributed by atoms with E-state index in [1.165, 1.54) is 4.31 Å². The molecule has 1 heterocycles. The summed E-state index contributed by atoms with van der Waals surface area (Å²) in [5.41, 5.74) is 6.75. The molecule has 19 heavy (non-hydrogen) atoms. The van der Waals surface area contributed by atoms with Gasteiger partial charge in [0.1, 0.15) is 0 Å². The second-order valence-electron chi connectivity index (χ2n) is 4.45. The zero-order valence-corrected chi connectivity index (χ0v) is 11.3. The molecule has 1 fully saturated rings. The molecule has 7 heteroatoms. The van der Waals surface area contributed by atoms with Crippen LogP contribution in [0.25, 0.3) is 0 Å². The highest BCUT2D eigenvalue weighted by Crippen LogP contribution is 2.17. The van der Waals surface area contributed by atoms with Crippen LogP contribution < -0.4 is 11.1 Å². The number of carbonyl (C=O) groups is 1. The molecule has 3 N–H and O–H groups in total. The van der Waals surface area contributed by atoms with Gasteiger partial charge in [0, 0.05) is 19.5 Å². The molecule has 0 aliphatic carbocycles. The number of benzene rings is 1. The predicted molar refractivity (Wildman–Crippen MR) is 74.1 cm³/mol. The molecule has 0 unspecified atom stereocenters. The quantitative estimate of drug-likeness (QED) is 0.793. The van der Waals surface area contributed by atoms with E-state index in [-0.39, 0.29) is 24.6 Å². The van der Waals surface area contributed by atoms with E-state index in [4.69, 9.17) is 5.73 Å². The normalized spacial score (nSPS) is 18.3. The maximum Gasteiger partial charge on any atom is 0.225 e. The Hall–Kier alpha value is -1.60. The highest BCUT2D eigenvalue weighted by molar-refractivity contribution is 7.89. The Bertz CT molecular complexity index is 571. The summed E-state index contributed by atoms with van der Waals surface area (Å²) >= 11 is 0. The number of anilines is 2. The number of nitrogens with one attached hydrogen (secondary N) is 1. The van der Waals surface area contributed by atoms with Gasteiger partial charge in [-0.1, -0.05) is 12.1 Å². The summed E-state index contributed by atoms with van der Waals surface area (Å²) in [6, 6.07) is 6.96. The summed E-state index contributed by atoms with van der Waals surface area (Å²) < 4.78 is 24.5. The standard InChI is InChI=1S/C12H17N3O3S/c13-10-4-1-2-5-11(10)14-12(16)6-8-15-7-3-9-19(15,17)18/h1-2,4-5H,3,6-9,13H2,(H,14,16). The van der Waals surface area contributed by atoms with Crippen LogP contribution in [0.2, 0.25) is 0 Å². The third-order valence-corrected chi connectivity index (χ3v) is 4.98. The summed E-state index contributed by atoms with van der Waals surface area (Å²) in [5, 5.41) is 2.68. The van der Waals surface area contributed by atoms with E-state index in [2.05, 4.69) is 5.32 Å². The van der Waals surface area contributed by atoms with E-state index < -0.39 is 10.0 Å². The van der Waals surface area contributed by atoms with Crippen LogP contribution >= 0.6 is 0 Å². The third kappa shape index (κ3) is 3.45. The van der Waals surface area contributed by atoms with Crippen molar-refractivity contribution in [1.29, 1.82) is 0 Å². The van der Waals surface area contributed by atoms with Crippen LogP contribution in [0, 0.1) is 0 Å². The van der Waals surface area contributed by atoms with Gasteiger partial charge in [0.25, 0.3) is 0 Å². The first-order valence-corrected chi connectivity index (χ1v) is 7.72. The Balaban J connectivity index is 1.87. The van der Waals surface area contributed by atoms with Crippen molar-refractivity contribution >= 4 is 27.3 Å². The first kappa shape index (κ1) is 13.8. The molecule has 0 radical (unpaired) electrons. The van der Waals surface area contributed by atoms with Crippen molar-refractivity contribution in [2.75, 3.05) is 29.9 Å². The van der Waals surface area contributed by atoms with Crippen LogP contribution in [0.1, 0.15) is 12.8 Å². The minimum atomic E-state index is -3.14. The molecular formula is C12H17N3O3S. The van der Waals surface area contributed by atoms with Crippen LogP contribution in [0.4, 0.5) is 11.4 Å². The minimum absolute atomic E-state index is 0.133. The van der Waals surface area contributed by atoms with Crippen molar-refractivity contribution < 1.29 is 13.2 Å². The summed E-state index contributed by atoms with van der Waals surface area (Å²) in [6.45, 7) is 0.726. The van der Waals surface area contributed by atoms with Gasteiger partial charge in [0.2, 0.25) is 15.9 Å². The first-order valence-electron chi connectivity index (χ1n) is 6.11. The monoisotopic (exact) mass is 283 g/mol. The van der Waals surface area contributed by atoms with E-state index in [1.807, 2.05) is 0 Å². The fourth-order valence-electron chi connectivity index (χ4n) is 1.99. The number of nitrogens with two attached hydrogens (primary N) is 1. The molecule has 0 bridgehead atoms. The number of nitrogen functional groups attached to an aromatic ring is 1. The number of nitrogens with zero attached hydrogens (tertiary/aromatic N) is 1. The molecule has 0 aromatic heterocycles. The van der Waals surface area contributed by atoms with Gasteiger partial charge in [-0.3, -0.25) is 4.79 Å². The second-order valence-corrected chi connectivity index (χ2v) is 6.54. The summed E-state index contributed by atoms with van der Waals surface area (Å²) in [7, 11) is -3.14. The molecule has 6 nitrogen and oxygen atoms in total. The zero-order valence-electron chi connectivity index (χ0n) is 10.5.